The van der Waals surface area contributed by atoms with Crippen molar-refractivity contribution >= 4 is 22.9 Å². The molecule has 5 heteroatoms. The zero-order chi connectivity index (χ0) is 22.9. The molecule has 0 unspecified atom stereocenters. The lowest BCUT2D eigenvalue weighted by Gasteiger charge is -2.15. The van der Waals surface area contributed by atoms with Crippen LogP contribution in [0.15, 0.2) is 48.8 Å². The Morgan fingerprint density at radius 1 is 1.25 bits per heavy atom. The number of benzene rings is 1. The van der Waals surface area contributed by atoms with Crippen LogP contribution in [0, 0.1) is 0 Å². The van der Waals surface area contributed by atoms with Gasteiger partial charge in [0.1, 0.15) is 5.75 Å². The lowest BCUT2D eigenvalue weighted by molar-refractivity contribution is -0.117. The first-order valence-corrected chi connectivity index (χ1v) is 11.6. The molecule has 3 rings (SSSR count). The van der Waals surface area contributed by atoms with Gasteiger partial charge in [0, 0.05) is 48.7 Å². The molecule has 0 aliphatic rings. The van der Waals surface area contributed by atoms with Gasteiger partial charge >= 0.3 is 0 Å². The summed E-state index contributed by atoms with van der Waals surface area (Å²) >= 11 is 0. The Bertz CT molecular complexity index is 1050. The summed E-state index contributed by atoms with van der Waals surface area (Å²) in [6.07, 6.45) is 13.2. The third-order valence-corrected chi connectivity index (χ3v) is 6.03. The molecule has 0 aliphatic carbocycles. The zero-order valence-electron chi connectivity index (χ0n) is 19.7. The number of pyridine rings is 1. The van der Waals surface area contributed by atoms with Crippen LogP contribution in [0.1, 0.15) is 56.4 Å². The van der Waals surface area contributed by atoms with E-state index < -0.39 is 0 Å². The molecule has 0 saturated carbocycles. The Hall–Kier alpha value is -3.08. The molecule has 32 heavy (non-hydrogen) atoms. The van der Waals surface area contributed by atoms with E-state index in [9.17, 15) is 4.79 Å². The smallest absolute Gasteiger partial charge is 0.244 e. The fraction of sp³-hybridized carbons (Fsp3) is 0.407. The third kappa shape index (κ3) is 5.78. The molecule has 2 heterocycles. The molecule has 5 nitrogen and oxygen atoms in total. The summed E-state index contributed by atoms with van der Waals surface area (Å²) in [6, 6.07) is 10.4. The maximum absolute atomic E-state index is 12.7. The molecule has 0 saturated heterocycles. The molecule has 2 aromatic heterocycles. The molecule has 0 bridgehead atoms. The van der Waals surface area contributed by atoms with E-state index in [1.165, 1.54) is 16.5 Å². The molecular weight excluding hydrogens is 398 g/mol. The predicted octanol–water partition coefficient (Wildman–Crippen LogP) is 5.47. The number of fused-ring (bicyclic) bond motifs is 1. The van der Waals surface area contributed by atoms with Crippen molar-refractivity contribution in [3.05, 3.63) is 65.6 Å². The van der Waals surface area contributed by atoms with Crippen LogP contribution in [0.4, 0.5) is 0 Å². The highest BCUT2D eigenvalue weighted by atomic mass is 16.5. The molecule has 1 amide bonds. The highest BCUT2D eigenvalue weighted by Gasteiger charge is 2.14. The van der Waals surface area contributed by atoms with Gasteiger partial charge in [-0.2, -0.15) is 0 Å². The number of amides is 1. The van der Waals surface area contributed by atoms with Crippen LogP contribution in [0.25, 0.3) is 17.0 Å². The van der Waals surface area contributed by atoms with E-state index in [0.717, 1.165) is 55.5 Å². The summed E-state index contributed by atoms with van der Waals surface area (Å²) in [4.78, 5) is 16.8. The number of hydrogen-bond acceptors (Lipinski definition) is 3. The number of nitrogens with zero attached hydrogens (tertiary/aromatic N) is 2. The lowest BCUT2D eigenvalue weighted by atomic mass is 10.0. The quantitative estimate of drug-likeness (QED) is 0.408. The largest absolute Gasteiger partial charge is 0.497 e. The average molecular weight is 434 g/mol. The fourth-order valence-electron chi connectivity index (χ4n) is 4.25. The summed E-state index contributed by atoms with van der Waals surface area (Å²) in [7, 11) is 3.73. The monoisotopic (exact) mass is 433 g/mol. The van der Waals surface area contributed by atoms with Crippen molar-refractivity contribution in [1.82, 2.24) is 14.9 Å². The molecule has 0 aliphatic heterocycles. The van der Waals surface area contributed by atoms with E-state index >= 15 is 0 Å². The molecule has 1 atom stereocenters. The minimum absolute atomic E-state index is 0.0384. The van der Waals surface area contributed by atoms with Crippen LogP contribution >= 0.6 is 0 Å². The van der Waals surface area contributed by atoms with E-state index in [1.54, 1.807) is 19.4 Å². The molecular formula is C27H35N3O2. The lowest BCUT2D eigenvalue weighted by Crippen LogP contribution is -2.33. The number of nitrogens with one attached hydrogen (secondary N) is 1. The molecule has 1 N–H and O–H groups in total. The summed E-state index contributed by atoms with van der Waals surface area (Å²) in [6.45, 7) is 4.30. The first-order chi connectivity index (χ1) is 15.6. The average Bonchev–Trinajstić information content (AvgIpc) is 3.08. The molecule has 0 radical (unpaired) electrons. The Kier molecular flexibility index (Phi) is 8.48. The normalized spacial score (nSPS) is 12.4. The van der Waals surface area contributed by atoms with Crippen LogP contribution in [-0.2, 0) is 24.7 Å². The zero-order valence-corrected chi connectivity index (χ0v) is 19.7. The van der Waals surface area contributed by atoms with Crippen LogP contribution in [0.5, 0.6) is 5.75 Å². The number of carbonyl (C=O) groups excluding carboxylic acids is 1. The Balaban J connectivity index is 1.68. The minimum atomic E-state index is -0.0384. The van der Waals surface area contributed by atoms with Gasteiger partial charge in [-0.15, -0.1) is 0 Å². The van der Waals surface area contributed by atoms with Gasteiger partial charge in [0.05, 0.1) is 12.6 Å². The third-order valence-electron chi connectivity index (χ3n) is 6.03. The van der Waals surface area contributed by atoms with E-state index in [2.05, 4.69) is 46.9 Å². The Morgan fingerprint density at radius 2 is 2.09 bits per heavy atom. The fourth-order valence-corrected chi connectivity index (χ4v) is 4.25. The van der Waals surface area contributed by atoms with Crippen molar-refractivity contribution in [3.63, 3.8) is 0 Å². The summed E-state index contributed by atoms with van der Waals surface area (Å²) in [5.74, 6) is 0.801. The molecule has 3 aromatic rings. The number of rotatable bonds is 11. The topological polar surface area (TPSA) is 56.2 Å². The summed E-state index contributed by atoms with van der Waals surface area (Å²) in [5.41, 5.74) is 4.72. The number of aryl methyl sites for hydroxylation is 3. The van der Waals surface area contributed by atoms with Crippen LogP contribution in [0.3, 0.4) is 0 Å². The maximum atomic E-state index is 12.7. The first-order valence-electron chi connectivity index (χ1n) is 11.6. The number of carbonyl (C=O) groups is 1. The Labute approximate surface area is 191 Å². The number of hydrogen-bond donors (Lipinski definition) is 1. The van der Waals surface area contributed by atoms with Crippen molar-refractivity contribution in [2.45, 2.75) is 58.4 Å². The summed E-state index contributed by atoms with van der Waals surface area (Å²) in [5, 5.41) is 4.40. The van der Waals surface area contributed by atoms with E-state index in [0.29, 0.717) is 0 Å². The second-order valence-corrected chi connectivity index (χ2v) is 8.26. The van der Waals surface area contributed by atoms with Crippen molar-refractivity contribution in [1.29, 1.82) is 0 Å². The van der Waals surface area contributed by atoms with E-state index in [-0.39, 0.29) is 11.9 Å². The number of ether oxygens (including phenoxy) is 1. The Morgan fingerprint density at radius 3 is 2.78 bits per heavy atom. The van der Waals surface area contributed by atoms with Crippen molar-refractivity contribution in [2.75, 3.05) is 7.11 Å². The van der Waals surface area contributed by atoms with Crippen LogP contribution in [-0.4, -0.2) is 28.6 Å². The highest BCUT2D eigenvalue weighted by molar-refractivity contribution is 5.95. The van der Waals surface area contributed by atoms with Gasteiger partial charge in [-0.1, -0.05) is 26.3 Å². The van der Waals surface area contributed by atoms with Gasteiger partial charge in [0.2, 0.25) is 5.91 Å². The molecule has 170 valence electrons. The van der Waals surface area contributed by atoms with Gasteiger partial charge in [-0.3, -0.25) is 9.78 Å². The molecule has 0 spiro atoms. The van der Waals surface area contributed by atoms with Gasteiger partial charge in [-0.25, -0.2) is 0 Å². The van der Waals surface area contributed by atoms with Crippen LogP contribution < -0.4 is 10.1 Å². The molecule has 0 fully saturated rings. The first kappa shape index (κ1) is 23.6. The van der Waals surface area contributed by atoms with E-state index in [4.69, 9.17) is 4.74 Å². The van der Waals surface area contributed by atoms with Crippen molar-refractivity contribution in [3.8, 4) is 5.75 Å². The maximum Gasteiger partial charge on any atom is 0.244 e. The number of aromatic nitrogens is 2. The van der Waals surface area contributed by atoms with Gasteiger partial charge in [0.25, 0.3) is 0 Å². The van der Waals surface area contributed by atoms with Gasteiger partial charge in [-0.05, 0) is 67.5 Å². The molecule has 1 aromatic carbocycles. The van der Waals surface area contributed by atoms with Crippen molar-refractivity contribution in [2.24, 2.45) is 7.05 Å². The van der Waals surface area contributed by atoms with Crippen LogP contribution in [0.2, 0.25) is 0 Å². The SMILES string of the molecule is CCCc1c(/C=C/C(=O)N[C@H](CC)CCCc2cccnc2)n(C)c2cc(OC)ccc12. The second kappa shape index (κ2) is 11.5. The minimum Gasteiger partial charge on any atom is -0.497 e. The van der Waals surface area contributed by atoms with Crippen molar-refractivity contribution < 1.29 is 9.53 Å². The number of methoxy groups -OCH3 is 1. The highest BCUT2D eigenvalue weighted by Crippen LogP contribution is 2.30. The van der Waals surface area contributed by atoms with Gasteiger partial charge in [0.15, 0.2) is 0 Å². The summed E-state index contributed by atoms with van der Waals surface area (Å²) < 4.78 is 7.55. The van der Waals surface area contributed by atoms with E-state index in [1.807, 2.05) is 31.5 Å². The standard InChI is InChI=1S/C27H35N3O2/c1-5-9-23-24-14-13-22(32-4)18-26(24)30(3)25(23)15-16-27(31)29-21(6-2)12-7-10-20-11-8-17-28-19-20/h8,11,13-19,21H,5-7,9-10,12H2,1-4H3,(H,29,31)/b16-15+/t21-/m1/s1. The van der Waals surface area contributed by atoms with Gasteiger partial charge < -0.3 is 14.6 Å². The predicted molar refractivity (Wildman–Crippen MR) is 132 cm³/mol. The second-order valence-electron chi connectivity index (χ2n) is 8.26.